The third-order valence-corrected chi connectivity index (χ3v) is 6.58. The zero-order valence-corrected chi connectivity index (χ0v) is 19.0. The Hall–Kier alpha value is -0.880. The Kier molecular flexibility index (Phi) is 5.66. The highest BCUT2D eigenvalue weighted by molar-refractivity contribution is 9.10. The number of β-amino-alcohol motifs (C(OH)–C–C–N with tert-alkyl or cyclic N) is 1. The van der Waals surface area contributed by atoms with Gasteiger partial charge in [-0.1, -0.05) is 45.7 Å². The average Bonchev–Trinajstić information content (AvgIpc) is 2.86. The van der Waals surface area contributed by atoms with E-state index in [4.69, 9.17) is 0 Å². The molecule has 0 amide bonds. The fourth-order valence-electron chi connectivity index (χ4n) is 4.75. The summed E-state index contributed by atoms with van der Waals surface area (Å²) >= 11 is 7.19. The third-order valence-electron chi connectivity index (χ3n) is 5.60. The molecule has 0 aliphatic carbocycles. The molecule has 144 valence electrons. The van der Waals surface area contributed by atoms with Crippen molar-refractivity contribution in [2.75, 3.05) is 19.6 Å². The van der Waals surface area contributed by atoms with Crippen molar-refractivity contribution in [3.63, 3.8) is 0 Å². The van der Waals surface area contributed by atoms with E-state index in [-0.39, 0.29) is 6.10 Å². The number of benzene rings is 2. The first-order valence-electron chi connectivity index (χ1n) is 9.68. The number of halogens is 2. The summed E-state index contributed by atoms with van der Waals surface area (Å²) in [6.45, 7) is 8.17. The van der Waals surface area contributed by atoms with Gasteiger partial charge in [-0.05, 0) is 54.7 Å². The first-order valence-corrected chi connectivity index (χ1v) is 11.3. The number of aromatic nitrogens is 1. The molecular weight excluding hydrogens is 468 g/mol. The first-order chi connectivity index (χ1) is 12.9. The molecule has 1 aromatic heterocycles. The molecule has 1 aliphatic rings. The van der Waals surface area contributed by atoms with E-state index in [0.717, 1.165) is 28.6 Å². The van der Waals surface area contributed by atoms with Gasteiger partial charge in [0.1, 0.15) is 0 Å². The zero-order valence-electron chi connectivity index (χ0n) is 15.8. The van der Waals surface area contributed by atoms with Gasteiger partial charge >= 0.3 is 0 Å². The second-order valence-corrected chi connectivity index (χ2v) is 10.1. The van der Waals surface area contributed by atoms with E-state index in [1.807, 2.05) is 0 Å². The van der Waals surface area contributed by atoms with Crippen molar-refractivity contribution >= 4 is 53.7 Å². The summed E-state index contributed by atoms with van der Waals surface area (Å²) < 4.78 is 4.42. The summed E-state index contributed by atoms with van der Waals surface area (Å²) in [5, 5.41) is 13.3. The number of aliphatic hydroxyl groups is 1. The number of likely N-dealkylation sites (tertiary alicyclic amines) is 1. The lowest BCUT2D eigenvalue weighted by Crippen LogP contribution is -2.43. The van der Waals surface area contributed by atoms with E-state index >= 15 is 0 Å². The minimum Gasteiger partial charge on any atom is -0.390 e. The number of rotatable bonds is 4. The molecule has 0 saturated carbocycles. The number of fused-ring (bicyclic) bond motifs is 3. The van der Waals surface area contributed by atoms with Crippen LogP contribution in [0, 0.1) is 11.8 Å². The normalized spacial score (nSPS) is 22.6. The summed E-state index contributed by atoms with van der Waals surface area (Å²) in [6, 6.07) is 12.8. The van der Waals surface area contributed by atoms with Crippen molar-refractivity contribution in [3.05, 3.63) is 45.3 Å². The van der Waals surface area contributed by atoms with Crippen LogP contribution in [0.25, 0.3) is 21.8 Å². The van der Waals surface area contributed by atoms with Gasteiger partial charge in [0.05, 0.1) is 12.6 Å². The Morgan fingerprint density at radius 2 is 1.44 bits per heavy atom. The molecule has 0 bridgehead atoms. The second kappa shape index (κ2) is 7.86. The summed E-state index contributed by atoms with van der Waals surface area (Å²) in [5.41, 5.74) is 2.34. The van der Waals surface area contributed by atoms with Crippen LogP contribution in [-0.4, -0.2) is 40.3 Å². The maximum atomic E-state index is 10.9. The van der Waals surface area contributed by atoms with E-state index < -0.39 is 0 Å². The topological polar surface area (TPSA) is 28.4 Å². The SMILES string of the molecule is C[C@H]1C[C@H](C)CN(C[C@H](O)Cn2c3ccc(Br)cc3c3cc(Br)ccc32)C1. The van der Waals surface area contributed by atoms with Gasteiger partial charge in [-0.25, -0.2) is 0 Å². The average molecular weight is 494 g/mol. The van der Waals surface area contributed by atoms with Crippen molar-refractivity contribution in [3.8, 4) is 0 Å². The molecule has 27 heavy (non-hydrogen) atoms. The van der Waals surface area contributed by atoms with Gasteiger partial charge in [-0.2, -0.15) is 0 Å². The Morgan fingerprint density at radius 3 is 1.96 bits per heavy atom. The minimum absolute atomic E-state index is 0.381. The van der Waals surface area contributed by atoms with Crippen LogP contribution in [0.5, 0.6) is 0 Å². The van der Waals surface area contributed by atoms with Gasteiger partial charge in [0.15, 0.2) is 0 Å². The smallest absolute Gasteiger partial charge is 0.0845 e. The molecule has 1 fully saturated rings. The van der Waals surface area contributed by atoms with Gasteiger partial charge in [0, 0.05) is 50.4 Å². The minimum atomic E-state index is -0.381. The first kappa shape index (κ1) is 19.4. The van der Waals surface area contributed by atoms with Crippen LogP contribution >= 0.6 is 31.9 Å². The van der Waals surface area contributed by atoms with Crippen LogP contribution in [0.2, 0.25) is 0 Å². The number of hydrogen-bond acceptors (Lipinski definition) is 2. The third kappa shape index (κ3) is 4.12. The maximum Gasteiger partial charge on any atom is 0.0845 e. The molecule has 5 heteroatoms. The quantitative estimate of drug-likeness (QED) is 0.508. The number of hydrogen-bond donors (Lipinski definition) is 1. The molecule has 0 radical (unpaired) electrons. The van der Waals surface area contributed by atoms with Gasteiger partial charge in [-0.15, -0.1) is 0 Å². The van der Waals surface area contributed by atoms with Crippen LogP contribution in [0.1, 0.15) is 20.3 Å². The maximum absolute atomic E-state index is 10.9. The number of piperidine rings is 1. The molecule has 1 saturated heterocycles. The molecule has 3 atom stereocenters. The summed E-state index contributed by atoms with van der Waals surface area (Å²) in [7, 11) is 0. The lowest BCUT2D eigenvalue weighted by Gasteiger charge is -2.36. The summed E-state index contributed by atoms with van der Waals surface area (Å²) in [6.07, 6.45) is 0.914. The molecule has 0 spiro atoms. The van der Waals surface area contributed by atoms with Crippen molar-refractivity contribution in [1.29, 1.82) is 0 Å². The molecule has 3 nitrogen and oxygen atoms in total. The van der Waals surface area contributed by atoms with Crippen molar-refractivity contribution < 1.29 is 5.11 Å². The molecule has 1 N–H and O–H groups in total. The second-order valence-electron chi connectivity index (χ2n) is 8.25. The monoisotopic (exact) mass is 492 g/mol. The van der Waals surface area contributed by atoms with E-state index in [1.54, 1.807) is 0 Å². The molecule has 4 rings (SSSR count). The Balaban J connectivity index is 1.64. The van der Waals surface area contributed by atoms with Crippen molar-refractivity contribution in [2.24, 2.45) is 11.8 Å². The Labute approximate surface area is 177 Å². The standard InChI is InChI=1S/C22H26Br2N2O/c1-14-7-15(2)11-25(10-14)12-18(27)13-26-21-5-3-16(23)8-19(21)20-9-17(24)4-6-22(20)26/h3-6,8-9,14-15,18,27H,7,10-13H2,1-2H3/t14-,15-,18-/m0/s1. The molecule has 0 unspecified atom stereocenters. The summed E-state index contributed by atoms with van der Waals surface area (Å²) in [5.74, 6) is 1.42. The van der Waals surface area contributed by atoms with E-state index in [1.165, 1.54) is 28.2 Å². The fraction of sp³-hybridized carbons (Fsp3) is 0.455. The molecule has 3 aromatic rings. The van der Waals surface area contributed by atoms with E-state index in [0.29, 0.717) is 18.4 Å². The highest BCUT2D eigenvalue weighted by atomic mass is 79.9. The molecular formula is C22H26Br2N2O. The van der Waals surface area contributed by atoms with Gasteiger partial charge in [-0.3, -0.25) is 0 Å². The highest BCUT2D eigenvalue weighted by Gasteiger charge is 2.24. The fourth-order valence-corrected chi connectivity index (χ4v) is 5.48. The van der Waals surface area contributed by atoms with Gasteiger partial charge in [0.2, 0.25) is 0 Å². The van der Waals surface area contributed by atoms with E-state index in [9.17, 15) is 5.11 Å². The van der Waals surface area contributed by atoms with Crippen LogP contribution < -0.4 is 0 Å². The van der Waals surface area contributed by atoms with Gasteiger partial charge in [0.25, 0.3) is 0 Å². The lowest BCUT2D eigenvalue weighted by molar-refractivity contribution is 0.0626. The Morgan fingerprint density at radius 1 is 0.926 bits per heavy atom. The predicted molar refractivity (Wildman–Crippen MR) is 120 cm³/mol. The number of nitrogens with zero attached hydrogens (tertiary/aromatic N) is 2. The number of aliphatic hydroxyl groups excluding tert-OH is 1. The largest absolute Gasteiger partial charge is 0.390 e. The van der Waals surface area contributed by atoms with E-state index in [2.05, 4.69) is 91.6 Å². The van der Waals surface area contributed by atoms with Crippen LogP contribution in [0.15, 0.2) is 45.3 Å². The van der Waals surface area contributed by atoms with Crippen molar-refractivity contribution in [1.82, 2.24) is 9.47 Å². The van der Waals surface area contributed by atoms with Crippen LogP contribution in [0.3, 0.4) is 0 Å². The zero-order chi connectivity index (χ0) is 19.1. The Bertz CT molecular complexity index is 899. The molecule has 2 heterocycles. The van der Waals surface area contributed by atoms with Gasteiger partial charge < -0.3 is 14.6 Å². The van der Waals surface area contributed by atoms with Crippen molar-refractivity contribution in [2.45, 2.75) is 32.9 Å². The van der Waals surface area contributed by atoms with Crippen LogP contribution in [-0.2, 0) is 6.54 Å². The summed E-state index contributed by atoms with van der Waals surface area (Å²) in [4.78, 5) is 2.44. The molecule has 2 aromatic carbocycles. The highest BCUT2D eigenvalue weighted by Crippen LogP contribution is 2.33. The molecule has 1 aliphatic heterocycles. The predicted octanol–water partition coefficient (Wildman–Crippen LogP) is 5.66. The van der Waals surface area contributed by atoms with Crippen LogP contribution in [0.4, 0.5) is 0 Å². The lowest BCUT2D eigenvalue weighted by atomic mass is 9.92.